The Morgan fingerprint density at radius 1 is 1.18 bits per heavy atom. The number of hydrogen-bond donors (Lipinski definition) is 1. The quantitative estimate of drug-likeness (QED) is 0.788. The van der Waals surface area contributed by atoms with Crippen molar-refractivity contribution in [1.29, 1.82) is 0 Å². The Bertz CT molecular complexity index is 362. The Labute approximate surface area is 106 Å². The second-order valence-corrected chi connectivity index (χ2v) is 6.35. The number of hydrogen-bond acceptors (Lipinski definition) is 1. The lowest BCUT2D eigenvalue weighted by Gasteiger charge is -2.28. The van der Waals surface area contributed by atoms with E-state index in [2.05, 4.69) is 57.3 Å². The van der Waals surface area contributed by atoms with Gasteiger partial charge < -0.3 is 5.32 Å². The summed E-state index contributed by atoms with van der Waals surface area (Å²) in [4.78, 5) is 0. The van der Waals surface area contributed by atoms with Crippen molar-refractivity contribution < 1.29 is 0 Å². The number of nitrogens with one attached hydrogen (secondary N) is 1. The van der Waals surface area contributed by atoms with Crippen LogP contribution in [0.15, 0.2) is 24.3 Å². The van der Waals surface area contributed by atoms with Gasteiger partial charge in [0.05, 0.1) is 0 Å². The summed E-state index contributed by atoms with van der Waals surface area (Å²) in [7, 11) is 0. The molecular weight excluding hydrogens is 206 g/mol. The molecule has 1 unspecified atom stereocenters. The SMILES string of the molecule is CC(C)c1ccc(NC2CCCC2(C)C)cc1. The van der Waals surface area contributed by atoms with Gasteiger partial charge in [-0.2, -0.15) is 0 Å². The molecule has 1 aliphatic carbocycles. The molecule has 0 aliphatic heterocycles. The zero-order valence-corrected chi connectivity index (χ0v) is 11.6. The Morgan fingerprint density at radius 3 is 2.29 bits per heavy atom. The van der Waals surface area contributed by atoms with Gasteiger partial charge in [-0.15, -0.1) is 0 Å². The molecule has 17 heavy (non-hydrogen) atoms. The maximum Gasteiger partial charge on any atom is 0.0342 e. The standard InChI is InChI=1S/C16H25N/c1-12(2)13-7-9-14(10-8-13)17-15-6-5-11-16(15,3)4/h7-10,12,15,17H,5-6,11H2,1-4H3. The molecule has 1 N–H and O–H groups in total. The molecule has 1 aromatic carbocycles. The molecule has 0 amide bonds. The van der Waals surface area contributed by atoms with Gasteiger partial charge in [-0.05, 0) is 41.9 Å². The Balaban J connectivity index is 2.04. The smallest absolute Gasteiger partial charge is 0.0342 e. The van der Waals surface area contributed by atoms with Crippen molar-refractivity contribution in [3.63, 3.8) is 0 Å². The first-order valence-electron chi connectivity index (χ1n) is 6.85. The number of benzene rings is 1. The van der Waals surface area contributed by atoms with Crippen molar-refractivity contribution in [2.45, 2.75) is 58.9 Å². The van der Waals surface area contributed by atoms with Crippen molar-refractivity contribution in [3.05, 3.63) is 29.8 Å². The second kappa shape index (κ2) is 4.72. The van der Waals surface area contributed by atoms with E-state index in [0.29, 0.717) is 17.4 Å². The maximum absolute atomic E-state index is 3.70. The van der Waals surface area contributed by atoms with Crippen LogP contribution >= 0.6 is 0 Å². The molecule has 0 spiro atoms. The molecule has 0 heterocycles. The van der Waals surface area contributed by atoms with Crippen molar-refractivity contribution >= 4 is 5.69 Å². The molecule has 1 heteroatoms. The molecule has 1 nitrogen and oxygen atoms in total. The van der Waals surface area contributed by atoms with Crippen molar-refractivity contribution in [3.8, 4) is 0 Å². The normalized spacial score (nSPS) is 23.0. The highest BCUT2D eigenvalue weighted by atomic mass is 14.9. The lowest BCUT2D eigenvalue weighted by atomic mass is 9.87. The van der Waals surface area contributed by atoms with Gasteiger partial charge >= 0.3 is 0 Å². The zero-order valence-electron chi connectivity index (χ0n) is 11.6. The number of rotatable bonds is 3. The van der Waals surface area contributed by atoms with E-state index in [1.807, 2.05) is 0 Å². The van der Waals surface area contributed by atoms with Crippen molar-refractivity contribution in [2.24, 2.45) is 5.41 Å². The van der Waals surface area contributed by atoms with Crippen LogP contribution in [0.5, 0.6) is 0 Å². The van der Waals surface area contributed by atoms with E-state index in [1.54, 1.807) is 0 Å². The zero-order chi connectivity index (χ0) is 12.5. The minimum Gasteiger partial charge on any atom is -0.382 e. The third-order valence-corrected chi connectivity index (χ3v) is 4.18. The largest absolute Gasteiger partial charge is 0.382 e. The average Bonchev–Trinajstić information content (AvgIpc) is 2.59. The Morgan fingerprint density at radius 2 is 1.82 bits per heavy atom. The fraction of sp³-hybridized carbons (Fsp3) is 0.625. The minimum absolute atomic E-state index is 0.441. The number of anilines is 1. The van der Waals surface area contributed by atoms with E-state index in [4.69, 9.17) is 0 Å². The summed E-state index contributed by atoms with van der Waals surface area (Å²) in [6.07, 6.45) is 4.00. The van der Waals surface area contributed by atoms with Crippen LogP contribution in [-0.2, 0) is 0 Å². The van der Waals surface area contributed by atoms with Gasteiger partial charge in [-0.3, -0.25) is 0 Å². The van der Waals surface area contributed by atoms with Gasteiger partial charge in [0.1, 0.15) is 0 Å². The molecule has 0 bridgehead atoms. The molecule has 1 aliphatic rings. The highest BCUT2D eigenvalue weighted by Crippen LogP contribution is 2.39. The van der Waals surface area contributed by atoms with Crippen molar-refractivity contribution in [2.75, 3.05) is 5.32 Å². The summed E-state index contributed by atoms with van der Waals surface area (Å²) in [5.74, 6) is 0.618. The van der Waals surface area contributed by atoms with Gasteiger partial charge in [-0.1, -0.05) is 46.2 Å². The van der Waals surface area contributed by atoms with E-state index in [9.17, 15) is 0 Å². The predicted molar refractivity (Wildman–Crippen MR) is 75.6 cm³/mol. The minimum atomic E-state index is 0.441. The van der Waals surface area contributed by atoms with Crippen LogP contribution in [0.3, 0.4) is 0 Å². The van der Waals surface area contributed by atoms with E-state index in [0.717, 1.165) is 0 Å². The first kappa shape index (κ1) is 12.5. The lowest BCUT2D eigenvalue weighted by molar-refractivity contribution is 0.350. The first-order valence-corrected chi connectivity index (χ1v) is 6.85. The highest BCUT2D eigenvalue weighted by molar-refractivity contribution is 5.46. The van der Waals surface area contributed by atoms with Crippen LogP contribution in [0.1, 0.15) is 58.4 Å². The van der Waals surface area contributed by atoms with Crippen LogP contribution in [-0.4, -0.2) is 6.04 Å². The van der Waals surface area contributed by atoms with Gasteiger partial charge in [0, 0.05) is 11.7 Å². The molecule has 1 atom stereocenters. The fourth-order valence-corrected chi connectivity index (χ4v) is 2.76. The molecule has 1 aromatic rings. The monoisotopic (exact) mass is 231 g/mol. The topological polar surface area (TPSA) is 12.0 Å². The maximum atomic E-state index is 3.70. The summed E-state index contributed by atoms with van der Waals surface area (Å²) >= 11 is 0. The van der Waals surface area contributed by atoms with Gasteiger partial charge in [-0.25, -0.2) is 0 Å². The first-order chi connectivity index (χ1) is 7.99. The molecule has 2 rings (SSSR count). The molecule has 0 saturated heterocycles. The van der Waals surface area contributed by atoms with E-state index >= 15 is 0 Å². The summed E-state index contributed by atoms with van der Waals surface area (Å²) in [6, 6.07) is 9.57. The Kier molecular flexibility index (Phi) is 3.46. The van der Waals surface area contributed by atoms with E-state index in [-0.39, 0.29) is 0 Å². The molecule has 94 valence electrons. The molecule has 1 saturated carbocycles. The summed E-state index contributed by atoms with van der Waals surface area (Å²) in [6.45, 7) is 9.23. The van der Waals surface area contributed by atoms with Crippen LogP contribution in [0.25, 0.3) is 0 Å². The summed E-state index contributed by atoms with van der Waals surface area (Å²) in [5, 5.41) is 3.70. The molecular formula is C16H25N. The lowest BCUT2D eigenvalue weighted by Crippen LogP contribution is -2.30. The van der Waals surface area contributed by atoms with E-state index < -0.39 is 0 Å². The van der Waals surface area contributed by atoms with Gasteiger partial charge in [0.2, 0.25) is 0 Å². The van der Waals surface area contributed by atoms with Crippen LogP contribution in [0.4, 0.5) is 5.69 Å². The van der Waals surface area contributed by atoms with Crippen LogP contribution in [0, 0.1) is 5.41 Å². The summed E-state index contributed by atoms with van der Waals surface area (Å²) in [5.41, 5.74) is 3.13. The molecule has 1 fully saturated rings. The Hall–Kier alpha value is -0.980. The third-order valence-electron chi connectivity index (χ3n) is 4.18. The van der Waals surface area contributed by atoms with E-state index in [1.165, 1.54) is 30.5 Å². The predicted octanol–water partition coefficient (Wildman–Crippen LogP) is 4.80. The van der Waals surface area contributed by atoms with Crippen LogP contribution < -0.4 is 5.32 Å². The fourth-order valence-electron chi connectivity index (χ4n) is 2.76. The molecule has 0 aromatic heterocycles. The average molecular weight is 231 g/mol. The van der Waals surface area contributed by atoms with Gasteiger partial charge in [0.25, 0.3) is 0 Å². The van der Waals surface area contributed by atoms with Crippen molar-refractivity contribution in [1.82, 2.24) is 0 Å². The molecule has 0 radical (unpaired) electrons. The van der Waals surface area contributed by atoms with Crippen LogP contribution in [0.2, 0.25) is 0 Å². The second-order valence-electron chi connectivity index (χ2n) is 6.35. The van der Waals surface area contributed by atoms with Gasteiger partial charge in [0.15, 0.2) is 0 Å². The summed E-state index contributed by atoms with van der Waals surface area (Å²) < 4.78 is 0. The third kappa shape index (κ3) is 2.83. The highest BCUT2D eigenvalue weighted by Gasteiger charge is 2.34.